The summed E-state index contributed by atoms with van der Waals surface area (Å²) >= 11 is 1.45. The second-order valence-corrected chi connectivity index (χ2v) is 5.57. The Labute approximate surface area is 114 Å². The van der Waals surface area contributed by atoms with E-state index < -0.39 is 6.10 Å². The van der Waals surface area contributed by atoms with Gasteiger partial charge in [0, 0.05) is 4.88 Å². The quantitative estimate of drug-likeness (QED) is 0.892. The van der Waals surface area contributed by atoms with E-state index in [1.165, 1.54) is 22.5 Å². The number of nitrogens with zero attached hydrogens (tertiary/aromatic N) is 1. The van der Waals surface area contributed by atoms with Crippen molar-refractivity contribution in [1.29, 1.82) is 0 Å². The summed E-state index contributed by atoms with van der Waals surface area (Å²) in [5, 5.41) is 13.0. The first-order chi connectivity index (χ1) is 9.24. The highest BCUT2D eigenvalue weighted by atomic mass is 32.1. The number of amides is 1. The lowest BCUT2D eigenvalue weighted by Crippen LogP contribution is -2.28. The molecule has 6 heteroatoms. The molecule has 0 fully saturated rings. The van der Waals surface area contributed by atoms with Gasteiger partial charge >= 0.3 is 0 Å². The van der Waals surface area contributed by atoms with Gasteiger partial charge in [-0.05, 0) is 31.4 Å². The fourth-order valence-corrected chi connectivity index (χ4v) is 3.20. The molecule has 2 heterocycles. The second kappa shape index (κ2) is 5.14. The first-order valence-electron chi connectivity index (χ1n) is 6.22. The molecule has 0 aromatic carbocycles. The minimum absolute atomic E-state index is 0.122. The molecule has 0 saturated carbocycles. The van der Waals surface area contributed by atoms with Crippen molar-refractivity contribution in [3.8, 4) is 0 Å². The van der Waals surface area contributed by atoms with E-state index >= 15 is 0 Å². The molecule has 5 nitrogen and oxygen atoms in total. The van der Waals surface area contributed by atoms with Gasteiger partial charge in [-0.25, -0.2) is 4.98 Å². The standard InChI is InChI=1S/C13H14N2O3S/c16-9(10-4-2-6-18-10)7-14-12(17)13-15-8-3-1-5-11(8)19-13/h2,4,6,9,16H,1,3,5,7H2,(H,14,17). The molecule has 100 valence electrons. The lowest BCUT2D eigenvalue weighted by atomic mass is 10.3. The van der Waals surface area contributed by atoms with Crippen LogP contribution in [-0.2, 0) is 12.8 Å². The van der Waals surface area contributed by atoms with Crippen LogP contribution in [-0.4, -0.2) is 22.5 Å². The van der Waals surface area contributed by atoms with Gasteiger partial charge in [-0.1, -0.05) is 0 Å². The summed E-state index contributed by atoms with van der Waals surface area (Å²) in [4.78, 5) is 17.5. The van der Waals surface area contributed by atoms with Crippen molar-refractivity contribution in [3.05, 3.63) is 39.7 Å². The third-order valence-electron chi connectivity index (χ3n) is 3.12. The van der Waals surface area contributed by atoms with Gasteiger partial charge in [0.2, 0.25) is 0 Å². The van der Waals surface area contributed by atoms with Crippen LogP contribution in [0.5, 0.6) is 0 Å². The number of carbonyl (C=O) groups is 1. The van der Waals surface area contributed by atoms with E-state index in [0.717, 1.165) is 25.0 Å². The fourth-order valence-electron chi connectivity index (χ4n) is 2.13. The zero-order valence-corrected chi connectivity index (χ0v) is 11.1. The molecule has 0 aliphatic heterocycles. The van der Waals surface area contributed by atoms with Crippen LogP contribution >= 0.6 is 11.3 Å². The Hall–Kier alpha value is -1.66. The average molecular weight is 278 g/mol. The van der Waals surface area contributed by atoms with E-state index in [-0.39, 0.29) is 12.5 Å². The van der Waals surface area contributed by atoms with E-state index in [2.05, 4.69) is 10.3 Å². The molecule has 1 amide bonds. The van der Waals surface area contributed by atoms with Gasteiger partial charge in [-0.15, -0.1) is 11.3 Å². The van der Waals surface area contributed by atoms with Crippen molar-refractivity contribution in [1.82, 2.24) is 10.3 Å². The van der Waals surface area contributed by atoms with E-state index in [9.17, 15) is 9.90 Å². The average Bonchev–Trinajstić information content (AvgIpc) is 3.09. The Kier molecular flexibility index (Phi) is 3.35. The van der Waals surface area contributed by atoms with Crippen molar-refractivity contribution in [2.75, 3.05) is 6.54 Å². The van der Waals surface area contributed by atoms with E-state index in [4.69, 9.17) is 4.42 Å². The highest BCUT2D eigenvalue weighted by Crippen LogP contribution is 2.27. The van der Waals surface area contributed by atoms with Crippen LogP contribution < -0.4 is 5.32 Å². The molecule has 19 heavy (non-hydrogen) atoms. The molecule has 0 bridgehead atoms. The minimum Gasteiger partial charge on any atom is -0.467 e. The number of nitrogens with one attached hydrogen (secondary N) is 1. The molecule has 1 atom stereocenters. The van der Waals surface area contributed by atoms with Crippen LogP contribution in [0.15, 0.2) is 22.8 Å². The molecule has 2 aromatic rings. The summed E-state index contributed by atoms with van der Waals surface area (Å²) in [6.45, 7) is 0.122. The lowest BCUT2D eigenvalue weighted by Gasteiger charge is -2.08. The van der Waals surface area contributed by atoms with Gasteiger partial charge < -0.3 is 14.8 Å². The summed E-state index contributed by atoms with van der Waals surface area (Å²) < 4.78 is 5.07. The number of aliphatic hydroxyl groups excluding tert-OH is 1. The number of fused-ring (bicyclic) bond motifs is 1. The molecule has 1 aliphatic rings. The third-order valence-corrected chi connectivity index (χ3v) is 4.27. The predicted octanol–water partition coefficient (Wildman–Crippen LogP) is 1.69. The smallest absolute Gasteiger partial charge is 0.280 e. The monoisotopic (exact) mass is 278 g/mol. The zero-order valence-electron chi connectivity index (χ0n) is 10.3. The molecular weight excluding hydrogens is 264 g/mol. The number of furan rings is 1. The van der Waals surface area contributed by atoms with Gasteiger partial charge in [-0.2, -0.15) is 0 Å². The summed E-state index contributed by atoms with van der Waals surface area (Å²) in [6, 6.07) is 3.38. The zero-order chi connectivity index (χ0) is 13.2. The summed E-state index contributed by atoms with van der Waals surface area (Å²) in [6.07, 6.45) is 3.79. The number of aryl methyl sites for hydroxylation is 2. The van der Waals surface area contributed by atoms with Gasteiger partial charge in [0.1, 0.15) is 11.9 Å². The van der Waals surface area contributed by atoms with Gasteiger partial charge in [0.05, 0.1) is 18.5 Å². The molecular formula is C13H14N2O3S. The molecule has 3 rings (SSSR count). The Morgan fingerprint density at radius 3 is 3.21 bits per heavy atom. The maximum atomic E-state index is 11.9. The van der Waals surface area contributed by atoms with E-state index in [1.807, 2.05) is 0 Å². The highest BCUT2D eigenvalue weighted by molar-refractivity contribution is 7.13. The Morgan fingerprint density at radius 2 is 2.47 bits per heavy atom. The predicted molar refractivity (Wildman–Crippen MR) is 70.1 cm³/mol. The van der Waals surface area contributed by atoms with E-state index in [1.54, 1.807) is 12.1 Å². The number of thiazole rings is 1. The van der Waals surface area contributed by atoms with E-state index in [0.29, 0.717) is 10.8 Å². The summed E-state index contributed by atoms with van der Waals surface area (Å²) in [5.41, 5.74) is 1.06. The Morgan fingerprint density at radius 1 is 1.58 bits per heavy atom. The summed E-state index contributed by atoms with van der Waals surface area (Å²) in [5.74, 6) is 0.215. The number of rotatable bonds is 4. The third kappa shape index (κ3) is 2.54. The molecule has 0 saturated heterocycles. The van der Waals surface area contributed by atoms with Crippen molar-refractivity contribution < 1.29 is 14.3 Å². The van der Waals surface area contributed by atoms with Crippen LogP contribution in [0.3, 0.4) is 0 Å². The molecule has 1 aliphatic carbocycles. The maximum absolute atomic E-state index is 11.9. The Balaban J connectivity index is 1.59. The van der Waals surface area contributed by atoms with Crippen molar-refractivity contribution in [3.63, 3.8) is 0 Å². The highest BCUT2D eigenvalue weighted by Gasteiger charge is 2.21. The van der Waals surface area contributed by atoms with Crippen LogP contribution in [0, 0.1) is 0 Å². The number of aromatic nitrogens is 1. The Bertz CT molecular complexity index is 555. The largest absolute Gasteiger partial charge is 0.467 e. The van der Waals surface area contributed by atoms with Gasteiger partial charge in [-0.3, -0.25) is 4.79 Å². The maximum Gasteiger partial charge on any atom is 0.280 e. The van der Waals surface area contributed by atoms with Crippen LogP contribution in [0.1, 0.15) is 38.7 Å². The molecule has 2 aromatic heterocycles. The van der Waals surface area contributed by atoms with Gasteiger partial charge in [0.25, 0.3) is 5.91 Å². The fraction of sp³-hybridized carbons (Fsp3) is 0.385. The van der Waals surface area contributed by atoms with Gasteiger partial charge in [0.15, 0.2) is 5.01 Å². The first-order valence-corrected chi connectivity index (χ1v) is 7.04. The lowest BCUT2D eigenvalue weighted by molar-refractivity contribution is 0.0900. The SMILES string of the molecule is O=C(NCC(O)c1ccco1)c1nc2c(s1)CCC2. The van der Waals surface area contributed by atoms with Crippen LogP contribution in [0.2, 0.25) is 0 Å². The number of aliphatic hydroxyl groups is 1. The van der Waals surface area contributed by atoms with Crippen LogP contribution in [0.25, 0.3) is 0 Å². The molecule has 0 spiro atoms. The van der Waals surface area contributed by atoms with Crippen molar-refractivity contribution in [2.45, 2.75) is 25.4 Å². The molecule has 0 radical (unpaired) electrons. The number of hydrogen-bond donors (Lipinski definition) is 2. The first kappa shape index (κ1) is 12.4. The molecule has 2 N–H and O–H groups in total. The van der Waals surface area contributed by atoms with Crippen molar-refractivity contribution in [2.24, 2.45) is 0 Å². The topological polar surface area (TPSA) is 75.4 Å². The normalized spacial score (nSPS) is 15.2. The summed E-state index contributed by atoms with van der Waals surface area (Å²) in [7, 11) is 0. The number of carbonyl (C=O) groups excluding carboxylic acids is 1. The minimum atomic E-state index is -0.828. The number of hydrogen-bond acceptors (Lipinski definition) is 5. The van der Waals surface area contributed by atoms with Crippen molar-refractivity contribution >= 4 is 17.2 Å². The van der Waals surface area contributed by atoms with Crippen LogP contribution in [0.4, 0.5) is 0 Å². The molecule has 1 unspecified atom stereocenters. The second-order valence-electron chi connectivity index (χ2n) is 4.48.